The average molecular weight is 265 g/mol. The Morgan fingerprint density at radius 1 is 1.21 bits per heavy atom. The van der Waals surface area contributed by atoms with Gasteiger partial charge in [0.05, 0.1) is 0 Å². The van der Waals surface area contributed by atoms with Gasteiger partial charge in [-0.3, -0.25) is 0 Å². The van der Waals surface area contributed by atoms with E-state index in [0.717, 1.165) is 0 Å². The summed E-state index contributed by atoms with van der Waals surface area (Å²) in [5.41, 5.74) is 0.868. The fourth-order valence-corrected chi connectivity index (χ4v) is 1.41. The van der Waals surface area contributed by atoms with Crippen molar-refractivity contribution in [3.05, 3.63) is 47.5 Å². The third-order valence-corrected chi connectivity index (χ3v) is 2.20. The standard InChI is InChI=1S/C12H9F2N3O2/c13-12(14)19-10-3-1-8(2-4-10)16-11-7-9(17-18)5-6-15-11/h1-7,12H,(H,15,16). The Kier molecular flexibility index (Phi) is 3.97. The molecule has 7 heteroatoms. The summed E-state index contributed by atoms with van der Waals surface area (Å²) in [5.74, 6) is 0.497. The maximum Gasteiger partial charge on any atom is 0.387 e. The smallest absolute Gasteiger partial charge is 0.387 e. The monoisotopic (exact) mass is 265 g/mol. The lowest BCUT2D eigenvalue weighted by atomic mass is 10.3. The van der Waals surface area contributed by atoms with Gasteiger partial charge in [0.2, 0.25) is 0 Å². The van der Waals surface area contributed by atoms with Crippen molar-refractivity contribution >= 4 is 17.2 Å². The highest BCUT2D eigenvalue weighted by Crippen LogP contribution is 2.22. The van der Waals surface area contributed by atoms with E-state index in [-0.39, 0.29) is 11.4 Å². The molecule has 0 aliphatic carbocycles. The molecule has 1 N–H and O–H groups in total. The van der Waals surface area contributed by atoms with Gasteiger partial charge in [-0.2, -0.15) is 8.78 Å². The van der Waals surface area contributed by atoms with E-state index in [4.69, 9.17) is 0 Å². The van der Waals surface area contributed by atoms with Crippen LogP contribution in [0, 0.1) is 4.91 Å². The maximum absolute atomic E-state index is 12.0. The summed E-state index contributed by atoms with van der Waals surface area (Å²) >= 11 is 0. The van der Waals surface area contributed by atoms with Crippen LogP contribution >= 0.6 is 0 Å². The number of halogens is 2. The van der Waals surface area contributed by atoms with Crippen molar-refractivity contribution < 1.29 is 13.5 Å². The van der Waals surface area contributed by atoms with Crippen molar-refractivity contribution in [1.82, 2.24) is 4.98 Å². The summed E-state index contributed by atoms with van der Waals surface area (Å²) in [5, 5.41) is 5.69. The molecule has 2 aromatic rings. The number of aromatic nitrogens is 1. The third kappa shape index (κ3) is 3.70. The van der Waals surface area contributed by atoms with E-state index in [0.29, 0.717) is 11.5 Å². The molecule has 0 unspecified atom stereocenters. The largest absolute Gasteiger partial charge is 0.435 e. The molecule has 5 nitrogen and oxygen atoms in total. The molecule has 1 aromatic carbocycles. The Balaban J connectivity index is 2.08. The van der Waals surface area contributed by atoms with Crippen LogP contribution in [-0.2, 0) is 0 Å². The Labute approximate surface area is 107 Å². The van der Waals surface area contributed by atoms with E-state index in [1.54, 1.807) is 12.1 Å². The van der Waals surface area contributed by atoms with Gasteiger partial charge in [-0.15, -0.1) is 4.91 Å². The molecule has 0 amide bonds. The minimum atomic E-state index is -2.85. The van der Waals surface area contributed by atoms with E-state index >= 15 is 0 Å². The fraction of sp³-hybridized carbons (Fsp3) is 0.0833. The lowest BCUT2D eigenvalue weighted by Gasteiger charge is -2.07. The second kappa shape index (κ2) is 5.85. The van der Waals surface area contributed by atoms with Gasteiger partial charge in [0.1, 0.15) is 17.3 Å². The zero-order valence-electron chi connectivity index (χ0n) is 9.59. The van der Waals surface area contributed by atoms with Gasteiger partial charge < -0.3 is 10.1 Å². The Hall–Kier alpha value is -2.57. The number of nitroso groups, excluding NO2 is 1. The van der Waals surface area contributed by atoms with E-state index in [9.17, 15) is 13.7 Å². The third-order valence-electron chi connectivity index (χ3n) is 2.20. The van der Waals surface area contributed by atoms with Gasteiger partial charge in [-0.05, 0) is 35.5 Å². The quantitative estimate of drug-likeness (QED) is 0.834. The van der Waals surface area contributed by atoms with Gasteiger partial charge in [0, 0.05) is 18.0 Å². The lowest BCUT2D eigenvalue weighted by molar-refractivity contribution is -0.0498. The molecule has 0 spiro atoms. The molecule has 0 atom stereocenters. The molecule has 0 saturated heterocycles. The molecular formula is C12H9F2N3O2. The normalized spacial score (nSPS) is 10.3. The number of hydrogen-bond donors (Lipinski definition) is 1. The van der Waals surface area contributed by atoms with Crippen LogP contribution in [0.25, 0.3) is 0 Å². The number of ether oxygens (including phenoxy) is 1. The van der Waals surface area contributed by atoms with Crippen LogP contribution in [0.1, 0.15) is 0 Å². The Morgan fingerprint density at radius 2 is 1.95 bits per heavy atom. The van der Waals surface area contributed by atoms with Crippen molar-refractivity contribution in [2.75, 3.05) is 5.32 Å². The minimum absolute atomic E-state index is 0.0665. The summed E-state index contributed by atoms with van der Waals surface area (Å²) in [7, 11) is 0. The number of pyridine rings is 1. The van der Waals surface area contributed by atoms with E-state index in [1.807, 2.05) is 0 Å². The zero-order valence-corrected chi connectivity index (χ0v) is 9.59. The second-order valence-electron chi connectivity index (χ2n) is 3.52. The number of anilines is 2. The van der Waals surface area contributed by atoms with E-state index < -0.39 is 6.61 Å². The first-order chi connectivity index (χ1) is 9.17. The van der Waals surface area contributed by atoms with Gasteiger partial charge >= 0.3 is 6.61 Å². The van der Waals surface area contributed by atoms with Crippen LogP contribution in [0.15, 0.2) is 47.8 Å². The summed E-state index contributed by atoms with van der Waals surface area (Å²) in [6.07, 6.45) is 1.44. The van der Waals surface area contributed by atoms with E-state index in [1.165, 1.54) is 30.5 Å². The molecule has 0 saturated carbocycles. The number of nitrogens with zero attached hydrogens (tertiary/aromatic N) is 2. The molecular weight excluding hydrogens is 256 g/mol. The zero-order chi connectivity index (χ0) is 13.7. The van der Waals surface area contributed by atoms with E-state index in [2.05, 4.69) is 20.2 Å². The molecule has 2 rings (SSSR count). The van der Waals surface area contributed by atoms with Crippen LogP contribution in [0.2, 0.25) is 0 Å². The van der Waals surface area contributed by atoms with Gasteiger partial charge in [0.25, 0.3) is 0 Å². The molecule has 1 heterocycles. The Bertz CT molecular complexity index is 561. The number of benzene rings is 1. The van der Waals surface area contributed by atoms with Crippen molar-refractivity contribution in [3.63, 3.8) is 0 Å². The molecule has 98 valence electrons. The van der Waals surface area contributed by atoms with Crippen LogP contribution in [0.5, 0.6) is 5.75 Å². The van der Waals surface area contributed by atoms with Crippen molar-refractivity contribution in [2.24, 2.45) is 5.18 Å². The maximum atomic E-state index is 12.0. The summed E-state index contributed by atoms with van der Waals surface area (Å²) in [4.78, 5) is 14.4. The second-order valence-corrected chi connectivity index (χ2v) is 3.52. The highest BCUT2D eigenvalue weighted by molar-refractivity contribution is 5.59. The van der Waals surface area contributed by atoms with Gasteiger partial charge in [-0.1, -0.05) is 0 Å². The fourth-order valence-electron chi connectivity index (χ4n) is 1.41. The summed E-state index contributed by atoms with van der Waals surface area (Å²) < 4.78 is 28.1. The van der Waals surface area contributed by atoms with Crippen LogP contribution in [0.3, 0.4) is 0 Å². The molecule has 0 aliphatic heterocycles. The summed E-state index contributed by atoms with van der Waals surface area (Å²) in [6, 6.07) is 8.85. The van der Waals surface area contributed by atoms with Crippen molar-refractivity contribution in [1.29, 1.82) is 0 Å². The lowest BCUT2D eigenvalue weighted by Crippen LogP contribution is -2.01. The molecule has 0 fully saturated rings. The van der Waals surface area contributed by atoms with Gasteiger partial charge in [-0.25, -0.2) is 4.98 Å². The first kappa shape index (κ1) is 12.9. The first-order valence-electron chi connectivity index (χ1n) is 5.28. The van der Waals surface area contributed by atoms with Crippen molar-refractivity contribution in [3.8, 4) is 5.75 Å². The molecule has 0 radical (unpaired) electrons. The molecule has 1 aromatic heterocycles. The van der Waals surface area contributed by atoms with Crippen LogP contribution in [0.4, 0.5) is 26.0 Å². The predicted octanol–water partition coefficient (Wildman–Crippen LogP) is 3.82. The van der Waals surface area contributed by atoms with Gasteiger partial charge in [0.15, 0.2) is 0 Å². The van der Waals surface area contributed by atoms with Crippen molar-refractivity contribution in [2.45, 2.75) is 6.61 Å². The SMILES string of the molecule is O=Nc1ccnc(Nc2ccc(OC(F)F)cc2)c1. The number of hydrogen-bond acceptors (Lipinski definition) is 5. The van der Waals surface area contributed by atoms with Crippen LogP contribution < -0.4 is 10.1 Å². The highest BCUT2D eigenvalue weighted by atomic mass is 19.3. The number of rotatable bonds is 5. The minimum Gasteiger partial charge on any atom is -0.435 e. The highest BCUT2D eigenvalue weighted by Gasteiger charge is 2.04. The molecule has 19 heavy (non-hydrogen) atoms. The molecule has 0 aliphatic rings. The molecule has 0 bridgehead atoms. The number of nitrogens with one attached hydrogen (secondary N) is 1. The topological polar surface area (TPSA) is 63.6 Å². The number of alkyl halides is 2. The summed E-state index contributed by atoms with van der Waals surface area (Å²) in [6.45, 7) is -2.85. The van der Waals surface area contributed by atoms with Crippen LogP contribution in [-0.4, -0.2) is 11.6 Å². The Morgan fingerprint density at radius 3 is 2.58 bits per heavy atom. The predicted molar refractivity (Wildman–Crippen MR) is 66.0 cm³/mol. The first-order valence-corrected chi connectivity index (χ1v) is 5.28. The average Bonchev–Trinajstić information content (AvgIpc) is 2.41.